The molecule has 1 aliphatic rings. The van der Waals surface area contributed by atoms with Gasteiger partial charge >= 0.3 is 0 Å². The van der Waals surface area contributed by atoms with Crippen molar-refractivity contribution in [3.8, 4) is 28.5 Å². The SMILES string of the molecule is CCCCCSc1nnc2c(n1)O[C@@H](c1ccc(-c3ccccc3Cl)o1)Nc1ccccc1-2. The van der Waals surface area contributed by atoms with Crippen LogP contribution in [0.3, 0.4) is 0 Å². The standard InChI is InChI=1S/C25H23ClN4O2S/c1-2-3-8-15-33-25-28-24-22(29-30-25)17-10-5-7-12-19(17)27-23(32-24)21-14-13-20(31-21)16-9-4-6-11-18(16)26/h4-7,9-14,23,27H,2-3,8,15H2,1H3/t23-/m0/s1. The molecule has 1 aliphatic heterocycles. The van der Waals surface area contributed by atoms with Gasteiger partial charge in [-0.25, -0.2) is 0 Å². The lowest BCUT2D eigenvalue weighted by molar-refractivity contribution is 0.196. The Labute approximate surface area is 201 Å². The molecule has 8 heteroatoms. The fraction of sp³-hybridized carbons (Fsp3) is 0.240. The maximum atomic E-state index is 6.36. The largest absolute Gasteiger partial charge is 0.455 e. The molecule has 4 aromatic rings. The second kappa shape index (κ2) is 9.85. The number of fused-ring (bicyclic) bond motifs is 3. The van der Waals surface area contributed by atoms with Gasteiger partial charge in [0, 0.05) is 22.6 Å². The monoisotopic (exact) mass is 478 g/mol. The van der Waals surface area contributed by atoms with Crippen LogP contribution in [0.1, 0.15) is 38.2 Å². The first-order valence-electron chi connectivity index (χ1n) is 11.0. The summed E-state index contributed by atoms with van der Waals surface area (Å²) in [5, 5.41) is 13.5. The fourth-order valence-electron chi connectivity index (χ4n) is 3.65. The molecule has 0 bridgehead atoms. The van der Waals surface area contributed by atoms with Gasteiger partial charge in [0.15, 0.2) is 11.5 Å². The van der Waals surface area contributed by atoms with E-state index in [9.17, 15) is 0 Å². The van der Waals surface area contributed by atoms with E-state index in [1.807, 2.05) is 60.7 Å². The summed E-state index contributed by atoms with van der Waals surface area (Å²) in [6, 6.07) is 19.3. The molecule has 0 saturated heterocycles. The van der Waals surface area contributed by atoms with Gasteiger partial charge in [0.1, 0.15) is 5.76 Å². The summed E-state index contributed by atoms with van der Waals surface area (Å²) in [4.78, 5) is 4.69. The number of hydrogen-bond acceptors (Lipinski definition) is 7. The van der Waals surface area contributed by atoms with Gasteiger partial charge < -0.3 is 14.5 Å². The minimum absolute atomic E-state index is 0.432. The number of furan rings is 1. The maximum Gasteiger partial charge on any atom is 0.247 e. The van der Waals surface area contributed by atoms with E-state index in [0.29, 0.717) is 33.3 Å². The highest BCUT2D eigenvalue weighted by molar-refractivity contribution is 7.99. The highest BCUT2D eigenvalue weighted by Crippen LogP contribution is 2.40. The number of benzene rings is 2. The summed E-state index contributed by atoms with van der Waals surface area (Å²) in [6.07, 6.45) is 2.90. The van der Waals surface area contributed by atoms with Gasteiger partial charge in [-0.15, -0.1) is 10.2 Å². The van der Waals surface area contributed by atoms with Crippen molar-refractivity contribution in [2.24, 2.45) is 0 Å². The Morgan fingerprint density at radius 3 is 2.64 bits per heavy atom. The predicted octanol–water partition coefficient (Wildman–Crippen LogP) is 7.24. The summed E-state index contributed by atoms with van der Waals surface area (Å²) < 4.78 is 12.5. The molecule has 0 amide bonds. The summed E-state index contributed by atoms with van der Waals surface area (Å²) in [5.74, 6) is 2.67. The van der Waals surface area contributed by atoms with Crippen molar-refractivity contribution >= 4 is 29.1 Å². The number of nitrogens with zero attached hydrogens (tertiary/aromatic N) is 3. The van der Waals surface area contributed by atoms with Crippen LogP contribution in [-0.2, 0) is 0 Å². The topological polar surface area (TPSA) is 73.1 Å². The molecule has 0 unspecified atom stereocenters. The number of halogens is 1. The summed E-state index contributed by atoms with van der Waals surface area (Å²) in [6.45, 7) is 2.19. The average Bonchev–Trinajstić information content (AvgIpc) is 3.26. The van der Waals surface area contributed by atoms with Crippen LogP contribution in [0.2, 0.25) is 5.02 Å². The third-order valence-corrected chi connectivity index (χ3v) is 6.59. The normalized spacial score (nSPS) is 14.5. The number of unbranched alkanes of at least 4 members (excludes halogenated alkanes) is 2. The van der Waals surface area contributed by atoms with E-state index < -0.39 is 6.23 Å². The quantitative estimate of drug-likeness (QED) is 0.221. The third-order valence-electron chi connectivity index (χ3n) is 5.34. The molecule has 5 rings (SSSR count). The van der Waals surface area contributed by atoms with Crippen LogP contribution in [0.5, 0.6) is 5.88 Å². The average molecular weight is 479 g/mol. The highest BCUT2D eigenvalue weighted by Gasteiger charge is 2.28. The number of ether oxygens (including phenoxy) is 1. The zero-order valence-corrected chi connectivity index (χ0v) is 19.7. The molecule has 0 spiro atoms. The first-order chi connectivity index (χ1) is 16.2. The van der Waals surface area contributed by atoms with Crippen LogP contribution in [0, 0.1) is 0 Å². The van der Waals surface area contributed by atoms with Crippen molar-refractivity contribution in [2.45, 2.75) is 37.6 Å². The van der Waals surface area contributed by atoms with E-state index in [4.69, 9.17) is 20.8 Å². The Morgan fingerprint density at radius 1 is 0.970 bits per heavy atom. The molecule has 0 saturated carbocycles. The fourth-order valence-corrected chi connectivity index (χ4v) is 4.66. The highest BCUT2D eigenvalue weighted by atomic mass is 35.5. The van der Waals surface area contributed by atoms with E-state index in [1.54, 1.807) is 11.8 Å². The second-order valence-corrected chi connectivity index (χ2v) is 9.14. The smallest absolute Gasteiger partial charge is 0.247 e. The molecular formula is C25H23ClN4O2S. The summed E-state index contributed by atoms with van der Waals surface area (Å²) in [5.41, 5.74) is 3.19. The van der Waals surface area contributed by atoms with Crippen molar-refractivity contribution in [1.82, 2.24) is 15.2 Å². The molecule has 1 N–H and O–H groups in total. The Bertz CT molecular complexity index is 1260. The Hall–Kier alpha value is -3.03. The summed E-state index contributed by atoms with van der Waals surface area (Å²) >= 11 is 7.96. The molecule has 3 heterocycles. The van der Waals surface area contributed by atoms with Crippen LogP contribution >= 0.6 is 23.4 Å². The third kappa shape index (κ3) is 4.70. The Kier molecular flexibility index (Phi) is 6.51. The molecule has 33 heavy (non-hydrogen) atoms. The van der Waals surface area contributed by atoms with Gasteiger partial charge in [0.2, 0.25) is 17.3 Å². The van der Waals surface area contributed by atoms with Crippen molar-refractivity contribution in [3.63, 3.8) is 0 Å². The van der Waals surface area contributed by atoms with Gasteiger partial charge in [-0.05, 0) is 36.8 Å². The van der Waals surface area contributed by atoms with Crippen molar-refractivity contribution in [2.75, 3.05) is 11.1 Å². The van der Waals surface area contributed by atoms with Crippen LogP contribution < -0.4 is 10.1 Å². The van der Waals surface area contributed by atoms with Crippen molar-refractivity contribution < 1.29 is 9.15 Å². The van der Waals surface area contributed by atoms with E-state index in [2.05, 4.69) is 27.4 Å². The zero-order chi connectivity index (χ0) is 22.6. The van der Waals surface area contributed by atoms with Gasteiger partial charge in [-0.3, -0.25) is 0 Å². The minimum Gasteiger partial charge on any atom is -0.455 e. The number of thioether (sulfide) groups is 1. The lowest BCUT2D eigenvalue weighted by atomic mass is 10.1. The van der Waals surface area contributed by atoms with Crippen LogP contribution in [0.15, 0.2) is 70.2 Å². The molecule has 168 valence electrons. The number of anilines is 1. The van der Waals surface area contributed by atoms with E-state index in [1.165, 1.54) is 12.8 Å². The van der Waals surface area contributed by atoms with Gasteiger partial charge in [0.05, 0.1) is 5.02 Å². The zero-order valence-electron chi connectivity index (χ0n) is 18.1. The molecule has 1 atom stereocenters. The number of para-hydroxylation sites is 1. The molecule has 0 aliphatic carbocycles. The lowest BCUT2D eigenvalue weighted by Gasteiger charge is -2.16. The van der Waals surface area contributed by atoms with Crippen molar-refractivity contribution in [3.05, 3.63) is 71.4 Å². The molecule has 6 nitrogen and oxygen atoms in total. The minimum atomic E-state index is -0.585. The van der Waals surface area contributed by atoms with Crippen molar-refractivity contribution in [1.29, 1.82) is 0 Å². The van der Waals surface area contributed by atoms with Crippen LogP contribution in [0.4, 0.5) is 5.69 Å². The second-order valence-electron chi connectivity index (χ2n) is 7.67. The first-order valence-corrected chi connectivity index (χ1v) is 12.3. The van der Waals surface area contributed by atoms with Gasteiger partial charge in [0.25, 0.3) is 0 Å². The van der Waals surface area contributed by atoms with E-state index in [-0.39, 0.29) is 0 Å². The molecule has 2 aromatic heterocycles. The molecule has 2 aromatic carbocycles. The van der Waals surface area contributed by atoms with E-state index in [0.717, 1.165) is 29.0 Å². The van der Waals surface area contributed by atoms with Gasteiger partial charge in [-0.1, -0.05) is 73.5 Å². The van der Waals surface area contributed by atoms with E-state index >= 15 is 0 Å². The number of aromatic nitrogens is 3. The number of nitrogens with one attached hydrogen (secondary N) is 1. The predicted molar refractivity (Wildman–Crippen MR) is 132 cm³/mol. The molecular weight excluding hydrogens is 456 g/mol. The first kappa shape index (κ1) is 21.8. The lowest BCUT2D eigenvalue weighted by Crippen LogP contribution is -2.16. The van der Waals surface area contributed by atoms with Crippen LogP contribution in [-0.4, -0.2) is 20.9 Å². The summed E-state index contributed by atoms with van der Waals surface area (Å²) in [7, 11) is 0. The number of rotatable bonds is 7. The number of hydrogen-bond donors (Lipinski definition) is 1. The molecule has 0 fully saturated rings. The molecule has 0 radical (unpaired) electrons. The Balaban J connectivity index is 1.48. The Morgan fingerprint density at radius 2 is 1.79 bits per heavy atom. The van der Waals surface area contributed by atoms with Gasteiger partial charge in [-0.2, -0.15) is 4.98 Å². The maximum absolute atomic E-state index is 6.36. The van der Waals surface area contributed by atoms with Crippen LogP contribution in [0.25, 0.3) is 22.6 Å².